The Bertz CT molecular complexity index is 934. The highest BCUT2D eigenvalue weighted by molar-refractivity contribution is 6.39. The first-order valence-corrected chi connectivity index (χ1v) is 9.76. The molecule has 1 atom stereocenters. The standard InChI is InChI=1S/C22H24FN3O4/c1-30-19(15-6-4-7-16(23)12-15)14-24-21(28)22(29)25-17-8-5-9-18(13-17)26-11-3-2-10-20(26)27/h4-9,12-13,19H,2-3,10-11,14H2,1H3,(H,24,28)(H,25,29). The summed E-state index contributed by atoms with van der Waals surface area (Å²) in [7, 11) is 1.44. The lowest BCUT2D eigenvalue weighted by molar-refractivity contribution is -0.136. The first-order valence-electron chi connectivity index (χ1n) is 9.76. The molecule has 2 N–H and O–H groups in total. The van der Waals surface area contributed by atoms with Crippen molar-refractivity contribution in [2.75, 3.05) is 30.4 Å². The summed E-state index contributed by atoms with van der Waals surface area (Å²) >= 11 is 0. The number of halogens is 1. The number of benzene rings is 2. The molecule has 0 radical (unpaired) electrons. The predicted molar refractivity (Wildman–Crippen MR) is 110 cm³/mol. The minimum absolute atomic E-state index is 0.00846. The summed E-state index contributed by atoms with van der Waals surface area (Å²) in [4.78, 5) is 38.2. The lowest BCUT2D eigenvalue weighted by Crippen LogP contribution is -2.38. The lowest BCUT2D eigenvalue weighted by Gasteiger charge is -2.27. The first-order chi connectivity index (χ1) is 14.5. The average molecular weight is 413 g/mol. The van der Waals surface area contributed by atoms with E-state index in [0.29, 0.717) is 29.9 Å². The van der Waals surface area contributed by atoms with E-state index in [1.165, 1.54) is 19.2 Å². The molecule has 2 aromatic carbocycles. The highest BCUT2D eigenvalue weighted by Gasteiger charge is 2.21. The van der Waals surface area contributed by atoms with Crippen LogP contribution in [0.4, 0.5) is 15.8 Å². The molecule has 0 aromatic heterocycles. The number of piperidine rings is 1. The zero-order chi connectivity index (χ0) is 21.5. The number of amides is 3. The Morgan fingerprint density at radius 2 is 1.93 bits per heavy atom. The van der Waals surface area contributed by atoms with Gasteiger partial charge < -0.3 is 20.3 Å². The van der Waals surface area contributed by atoms with E-state index in [9.17, 15) is 18.8 Å². The molecule has 30 heavy (non-hydrogen) atoms. The van der Waals surface area contributed by atoms with Crippen molar-refractivity contribution >= 4 is 29.1 Å². The Hall–Kier alpha value is -3.26. The van der Waals surface area contributed by atoms with Crippen LogP contribution in [0.1, 0.15) is 30.9 Å². The number of methoxy groups -OCH3 is 1. The molecule has 158 valence electrons. The Morgan fingerprint density at radius 1 is 1.13 bits per heavy atom. The minimum Gasteiger partial charge on any atom is -0.375 e. The number of nitrogens with zero attached hydrogens (tertiary/aromatic N) is 1. The number of nitrogens with one attached hydrogen (secondary N) is 2. The Labute approximate surface area is 174 Å². The molecule has 3 rings (SSSR count). The van der Waals surface area contributed by atoms with E-state index in [-0.39, 0.29) is 12.5 Å². The maximum atomic E-state index is 13.4. The summed E-state index contributed by atoms with van der Waals surface area (Å²) < 4.78 is 18.7. The predicted octanol–water partition coefficient (Wildman–Crippen LogP) is 2.79. The number of ether oxygens (including phenoxy) is 1. The van der Waals surface area contributed by atoms with E-state index in [1.54, 1.807) is 41.3 Å². The Balaban J connectivity index is 1.58. The van der Waals surface area contributed by atoms with Crippen LogP contribution in [0, 0.1) is 5.82 Å². The molecule has 0 bridgehead atoms. The van der Waals surface area contributed by atoms with Gasteiger partial charge in [-0.1, -0.05) is 18.2 Å². The van der Waals surface area contributed by atoms with E-state index < -0.39 is 23.7 Å². The number of rotatable bonds is 6. The monoisotopic (exact) mass is 413 g/mol. The summed E-state index contributed by atoms with van der Waals surface area (Å²) in [6.45, 7) is 0.643. The summed E-state index contributed by atoms with van der Waals surface area (Å²) in [6, 6.07) is 12.7. The van der Waals surface area contributed by atoms with Crippen molar-refractivity contribution in [2.24, 2.45) is 0 Å². The molecule has 0 aliphatic carbocycles. The highest BCUT2D eigenvalue weighted by Crippen LogP contribution is 2.24. The maximum Gasteiger partial charge on any atom is 0.313 e. The van der Waals surface area contributed by atoms with Crippen molar-refractivity contribution in [1.82, 2.24) is 5.32 Å². The van der Waals surface area contributed by atoms with Crippen molar-refractivity contribution in [3.63, 3.8) is 0 Å². The fourth-order valence-corrected chi connectivity index (χ4v) is 3.33. The molecule has 2 aromatic rings. The van der Waals surface area contributed by atoms with Crippen molar-refractivity contribution < 1.29 is 23.5 Å². The largest absolute Gasteiger partial charge is 0.375 e. The van der Waals surface area contributed by atoms with Crippen LogP contribution in [0.25, 0.3) is 0 Å². The molecule has 1 unspecified atom stereocenters. The van der Waals surface area contributed by atoms with Crippen molar-refractivity contribution in [1.29, 1.82) is 0 Å². The average Bonchev–Trinajstić information content (AvgIpc) is 2.74. The van der Waals surface area contributed by atoms with Gasteiger partial charge in [-0.05, 0) is 48.7 Å². The second-order valence-corrected chi connectivity index (χ2v) is 7.00. The van der Waals surface area contributed by atoms with Crippen molar-refractivity contribution in [3.05, 3.63) is 59.9 Å². The van der Waals surface area contributed by atoms with Crippen molar-refractivity contribution in [3.8, 4) is 0 Å². The molecule has 1 heterocycles. The number of carbonyl (C=O) groups is 3. The quantitative estimate of drug-likeness (QED) is 0.713. The third-order valence-corrected chi connectivity index (χ3v) is 4.90. The molecule has 0 saturated carbocycles. The van der Waals surface area contributed by atoms with Gasteiger partial charge in [0.1, 0.15) is 5.82 Å². The Morgan fingerprint density at radius 3 is 2.67 bits per heavy atom. The van der Waals surface area contributed by atoms with Crippen LogP contribution >= 0.6 is 0 Å². The zero-order valence-corrected chi connectivity index (χ0v) is 16.7. The molecule has 1 aliphatic rings. The fraction of sp³-hybridized carbons (Fsp3) is 0.318. The van der Waals surface area contributed by atoms with Gasteiger partial charge in [-0.15, -0.1) is 0 Å². The van der Waals surface area contributed by atoms with Gasteiger partial charge in [0.05, 0.1) is 6.10 Å². The van der Waals surface area contributed by atoms with Gasteiger partial charge in [-0.3, -0.25) is 14.4 Å². The van der Waals surface area contributed by atoms with E-state index in [1.807, 2.05) is 0 Å². The van der Waals surface area contributed by atoms with Crippen LogP contribution in [0.3, 0.4) is 0 Å². The van der Waals surface area contributed by atoms with E-state index in [0.717, 1.165) is 12.8 Å². The highest BCUT2D eigenvalue weighted by atomic mass is 19.1. The molecule has 8 heteroatoms. The van der Waals surface area contributed by atoms with Gasteiger partial charge in [-0.2, -0.15) is 0 Å². The zero-order valence-electron chi connectivity index (χ0n) is 16.7. The van der Waals surface area contributed by atoms with Gasteiger partial charge in [0, 0.05) is 38.0 Å². The second-order valence-electron chi connectivity index (χ2n) is 7.00. The maximum absolute atomic E-state index is 13.4. The first kappa shape index (κ1) is 21.4. The third-order valence-electron chi connectivity index (χ3n) is 4.90. The Kier molecular flexibility index (Phi) is 7.13. The second kappa shape index (κ2) is 9.98. The number of hydrogen-bond acceptors (Lipinski definition) is 4. The summed E-state index contributed by atoms with van der Waals surface area (Å²) in [6.07, 6.45) is 1.72. The third kappa shape index (κ3) is 5.42. The fourth-order valence-electron chi connectivity index (χ4n) is 3.33. The molecule has 1 fully saturated rings. The van der Waals surface area contributed by atoms with Crippen LogP contribution in [-0.4, -0.2) is 37.9 Å². The van der Waals surface area contributed by atoms with Crippen LogP contribution in [-0.2, 0) is 19.1 Å². The smallest absolute Gasteiger partial charge is 0.313 e. The van der Waals surface area contributed by atoms with E-state index in [4.69, 9.17) is 4.74 Å². The van der Waals surface area contributed by atoms with E-state index >= 15 is 0 Å². The SMILES string of the molecule is COC(CNC(=O)C(=O)Nc1cccc(N2CCCCC2=O)c1)c1cccc(F)c1. The molecular formula is C22H24FN3O4. The van der Waals surface area contributed by atoms with Crippen LogP contribution in [0.2, 0.25) is 0 Å². The van der Waals surface area contributed by atoms with Crippen LogP contribution in [0.15, 0.2) is 48.5 Å². The van der Waals surface area contributed by atoms with Gasteiger partial charge in [0.25, 0.3) is 0 Å². The summed E-state index contributed by atoms with van der Waals surface area (Å²) in [5.41, 5.74) is 1.65. The lowest BCUT2D eigenvalue weighted by atomic mass is 10.1. The van der Waals surface area contributed by atoms with Gasteiger partial charge in [-0.25, -0.2) is 4.39 Å². The normalized spacial score (nSPS) is 14.9. The summed E-state index contributed by atoms with van der Waals surface area (Å²) in [5.74, 6) is -2.05. The molecule has 1 saturated heterocycles. The number of anilines is 2. The molecule has 7 nitrogen and oxygen atoms in total. The van der Waals surface area contributed by atoms with Crippen molar-refractivity contribution in [2.45, 2.75) is 25.4 Å². The van der Waals surface area contributed by atoms with E-state index in [2.05, 4.69) is 10.6 Å². The topological polar surface area (TPSA) is 87.7 Å². The number of carbonyl (C=O) groups excluding carboxylic acids is 3. The van der Waals surface area contributed by atoms with Gasteiger partial charge in [0.15, 0.2) is 0 Å². The van der Waals surface area contributed by atoms with Gasteiger partial charge >= 0.3 is 11.8 Å². The summed E-state index contributed by atoms with van der Waals surface area (Å²) in [5, 5.41) is 5.03. The minimum atomic E-state index is -0.841. The molecule has 1 aliphatic heterocycles. The molecule has 3 amide bonds. The van der Waals surface area contributed by atoms with Crippen LogP contribution in [0.5, 0.6) is 0 Å². The molecule has 0 spiro atoms. The van der Waals surface area contributed by atoms with Crippen LogP contribution < -0.4 is 15.5 Å². The van der Waals surface area contributed by atoms with Gasteiger partial charge in [0.2, 0.25) is 5.91 Å². The number of hydrogen-bond donors (Lipinski definition) is 2. The molecular weight excluding hydrogens is 389 g/mol.